The van der Waals surface area contributed by atoms with Gasteiger partial charge in [-0.3, -0.25) is 4.98 Å². The first kappa shape index (κ1) is 12.4. The molecule has 0 aliphatic rings. The summed E-state index contributed by atoms with van der Waals surface area (Å²) in [6.45, 7) is 3.25. The summed E-state index contributed by atoms with van der Waals surface area (Å²) in [5.41, 5.74) is 1.46. The molecule has 0 aliphatic carbocycles. The molecule has 2 heterocycles. The molecule has 2 aromatic rings. The molecular weight excluding hydrogens is 230 g/mol. The van der Waals surface area contributed by atoms with Crippen LogP contribution < -0.4 is 5.32 Å². The van der Waals surface area contributed by atoms with Gasteiger partial charge in [0.1, 0.15) is 11.5 Å². The number of nitrogens with zero attached hydrogens (tertiary/aromatic N) is 4. The van der Waals surface area contributed by atoms with E-state index in [1.807, 2.05) is 13.0 Å². The van der Waals surface area contributed by atoms with Crippen LogP contribution in [0, 0.1) is 0 Å². The highest BCUT2D eigenvalue weighted by atomic mass is 16.5. The Morgan fingerprint density at radius 3 is 2.83 bits per heavy atom. The first-order valence-electron chi connectivity index (χ1n) is 5.70. The lowest BCUT2D eigenvalue weighted by Gasteiger charge is -2.07. The molecule has 94 valence electrons. The predicted octanol–water partition coefficient (Wildman–Crippen LogP) is 1.51. The SMILES string of the molecule is CCNc1cc(COC)nc(-c2cnccn2)n1. The molecule has 0 saturated heterocycles. The van der Waals surface area contributed by atoms with E-state index in [1.165, 1.54) is 0 Å². The Balaban J connectivity index is 2.39. The van der Waals surface area contributed by atoms with Gasteiger partial charge in [0.2, 0.25) is 0 Å². The second-order valence-electron chi connectivity index (χ2n) is 3.62. The zero-order valence-corrected chi connectivity index (χ0v) is 10.4. The molecule has 6 nitrogen and oxygen atoms in total. The van der Waals surface area contributed by atoms with Crippen molar-refractivity contribution in [2.75, 3.05) is 19.0 Å². The van der Waals surface area contributed by atoms with Crippen molar-refractivity contribution in [3.8, 4) is 11.5 Å². The number of aromatic nitrogens is 4. The van der Waals surface area contributed by atoms with Crippen molar-refractivity contribution in [3.05, 3.63) is 30.4 Å². The number of hydrogen-bond donors (Lipinski definition) is 1. The van der Waals surface area contributed by atoms with Gasteiger partial charge in [-0.25, -0.2) is 15.0 Å². The molecular formula is C12H15N5O. The molecule has 0 spiro atoms. The van der Waals surface area contributed by atoms with Crippen LogP contribution in [0.4, 0.5) is 5.82 Å². The number of nitrogens with one attached hydrogen (secondary N) is 1. The Morgan fingerprint density at radius 2 is 2.17 bits per heavy atom. The number of hydrogen-bond acceptors (Lipinski definition) is 6. The van der Waals surface area contributed by atoms with E-state index in [4.69, 9.17) is 4.74 Å². The van der Waals surface area contributed by atoms with E-state index < -0.39 is 0 Å². The van der Waals surface area contributed by atoms with Crippen LogP contribution in [-0.2, 0) is 11.3 Å². The van der Waals surface area contributed by atoms with Crippen molar-refractivity contribution in [2.24, 2.45) is 0 Å². The highest BCUT2D eigenvalue weighted by Crippen LogP contribution is 2.15. The smallest absolute Gasteiger partial charge is 0.182 e. The van der Waals surface area contributed by atoms with Gasteiger partial charge >= 0.3 is 0 Å². The minimum atomic E-state index is 0.439. The Morgan fingerprint density at radius 1 is 1.28 bits per heavy atom. The highest BCUT2D eigenvalue weighted by molar-refractivity contribution is 5.51. The summed E-state index contributed by atoms with van der Waals surface area (Å²) in [6.07, 6.45) is 4.88. The summed E-state index contributed by atoms with van der Waals surface area (Å²) >= 11 is 0. The van der Waals surface area contributed by atoms with Crippen LogP contribution >= 0.6 is 0 Å². The monoisotopic (exact) mass is 245 g/mol. The number of ether oxygens (including phenoxy) is 1. The van der Waals surface area contributed by atoms with Crippen LogP contribution in [0.25, 0.3) is 11.5 Å². The molecule has 0 aliphatic heterocycles. The van der Waals surface area contributed by atoms with Gasteiger partial charge in [0, 0.05) is 32.1 Å². The molecule has 0 unspecified atom stereocenters. The van der Waals surface area contributed by atoms with E-state index in [2.05, 4.69) is 25.3 Å². The molecule has 0 radical (unpaired) electrons. The number of rotatable bonds is 5. The van der Waals surface area contributed by atoms with Gasteiger partial charge in [0.05, 0.1) is 18.5 Å². The third kappa shape index (κ3) is 2.98. The average molecular weight is 245 g/mol. The fourth-order valence-corrected chi connectivity index (χ4v) is 1.52. The Labute approximate surface area is 105 Å². The maximum Gasteiger partial charge on any atom is 0.182 e. The van der Waals surface area contributed by atoms with Crippen LogP contribution in [0.3, 0.4) is 0 Å². The molecule has 6 heteroatoms. The first-order chi connectivity index (χ1) is 8.83. The largest absolute Gasteiger partial charge is 0.378 e. The second-order valence-corrected chi connectivity index (χ2v) is 3.62. The lowest BCUT2D eigenvalue weighted by molar-refractivity contribution is 0.181. The summed E-state index contributed by atoms with van der Waals surface area (Å²) < 4.78 is 5.10. The average Bonchev–Trinajstić information content (AvgIpc) is 2.40. The number of anilines is 1. The molecule has 2 aromatic heterocycles. The fourth-order valence-electron chi connectivity index (χ4n) is 1.52. The maximum absolute atomic E-state index is 5.10. The van der Waals surface area contributed by atoms with Crippen molar-refractivity contribution >= 4 is 5.82 Å². The van der Waals surface area contributed by atoms with E-state index in [-0.39, 0.29) is 0 Å². The van der Waals surface area contributed by atoms with Gasteiger partial charge in [0.25, 0.3) is 0 Å². The molecule has 0 bridgehead atoms. The molecule has 0 saturated carbocycles. The maximum atomic E-state index is 5.10. The second kappa shape index (κ2) is 6.02. The predicted molar refractivity (Wildman–Crippen MR) is 67.9 cm³/mol. The van der Waals surface area contributed by atoms with E-state index in [0.29, 0.717) is 18.1 Å². The summed E-state index contributed by atoms with van der Waals surface area (Å²) in [5, 5.41) is 3.16. The molecule has 0 atom stereocenters. The summed E-state index contributed by atoms with van der Waals surface area (Å²) in [7, 11) is 1.64. The molecule has 0 amide bonds. The van der Waals surface area contributed by atoms with Gasteiger partial charge in [0.15, 0.2) is 5.82 Å². The van der Waals surface area contributed by atoms with Crippen LogP contribution in [0.5, 0.6) is 0 Å². The van der Waals surface area contributed by atoms with Crippen LogP contribution in [0.2, 0.25) is 0 Å². The summed E-state index contributed by atoms with van der Waals surface area (Å²) in [5.74, 6) is 1.31. The van der Waals surface area contributed by atoms with Crippen molar-refractivity contribution in [1.82, 2.24) is 19.9 Å². The van der Waals surface area contributed by atoms with E-state index in [9.17, 15) is 0 Å². The third-order valence-corrected chi connectivity index (χ3v) is 2.22. The van der Waals surface area contributed by atoms with E-state index >= 15 is 0 Å². The molecule has 18 heavy (non-hydrogen) atoms. The Bertz CT molecular complexity index is 479. The van der Waals surface area contributed by atoms with Gasteiger partial charge < -0.3 is 10.1 Å². The lowest BCUT2D eigenvalue weighted by atomic mass is 10.3. The summed E-state index contributed by atoms with van der Waals surface area (Å²) in [4.78, 5) is 17.0. The zero-order chi connectivity index (χ0) is 12.8. The third-order valence-electron chi connectivity index (χ3n) is 2.22. The topological polar surface area (TPSA) is 72.8 Å². The first-order valence-corrected chi connectivity index (χ1v) is 5.70. The lowest BCUT2D eigenvalue weighted by Crippen LogP contribution is -2.05. The summed E-state index contributed by atoms with van der Waals surface area (Å²) in [6, 6.07) is 1.87. The normalized spacial score (nSPS) is 10.3. The zero-order valence-electron chi connectivity index (χ0n) is 10.4. The quantitative estimate of drug-likeness (QED) is 0.860. The van der Waals surface area contributed by atoms with E-state index in [1.54, 1.807) is 25.7 Å². The van der Waals surface area contributed by atoms with Crippen molar-refractivity contribution in [2.45, 2.75) is 13.5 Å². The molecule has 1 N–H and O–H groups in total. The minimum Gasteiger partial charge on any atom is -0.378 e. The van der Waals surface area contributed by atoms with Crippen LogP contribution in [0.15, 0.2) is 24.7 Å². The van der Waals surface area contributed by atoms with Crippen molar-refractivity contribution in [3.63, 3.8) is 0 Å². The Hall–Kier alpha value is -2.08. The van der Waals surface area contributed by atoms with Gasteiger partial charge in [-0.1, -0.05) is 0 Å². The Kier molecular flexibility index (Phi) is 4.14. The van der Waals surface area contributed by atoms with Crippen LogP contribution in [0.1, 0.15) is 12.6 Å². The minimum absolute atomic E-state index is 0.439. The fraction of sp³-hybridized carbons (Fsp3) is 0.333. The van der Waals surface area contributed by atoms with Crippen LogP contribution in [-0.4, -0.2) is 33.6 Å². The van der Waals surface area contributed by atoms with Gasteiger partial charge in [-0.2, -0.15) is 0 Å². The highest BCUT2D eigenvalue weighted by Gasteiger charge is 2.07. The van der Waals surface area contributed by atoms with E-state index in [0.717, 1.165) is 18.1 Å². The standard InChI is InChI=1S/C12H15N5O/c1-3-14-11-6-9(8-18-2)16-12(17-11)10-7-13-4-5-15-10/h4-7H,3,8H2,1-2H3,(H,14,16,17). The number of methoxy groups -OCH3 is 1. The van der Waals surface area contributed by atoms with Gasteiger partial charge in [-0.15, -0.1) is 0 Å². The molecule has 0 aromatic carbocycles. The van der Waals surface area contributed by atoms with Gasteiger partial charge in [-0.05, 0) is 6.92 Å². The molecule has 2 rings (SSSR count). The van der Waals surface area contributed by atoms with Crippen molar-refractivity contribution in [1.29, 1.82) is 0 Å². The van der Waals surface area contributed by atoms with Crippen molar-refractivity contribution < 1.29 is 4.74 Å². The molecule has 0 fully saturated rings.